The molecule has 0 aliphatic carbocycles. The molecular weight excluding hydrogens is 418 g/mol. The van der Waals surface area contributed by atoms with Crippen LogP contribution in [0.4, 0.5) is 14.5 Å². The Morgan fingerprint density at radius 1 is 1.14 bits per heavy atom. The Morgan fingerprint density at radius 3 is 2.38 bits per heavy atom. The molecule has 0 fully saturated rings. The number of nitrogens with zero attached hydrogens (tertiary/aromatic N) is 1. The summed E-state index contributed by atoms with van der Waals surface area (Å²) in [7, 11) is -3.53. The fraction of sp³-hybridized carbons (Fsp3) is 0.250. The molecule has 0 aliphatic heterocycles. The summed E-state index contributed by atoms with van der Waals surface area (Å²) < 4.78 is 51.2. The normalized spacial score (nSPS) is 12.1. The summed E-state index contributed by atoms with van der Waals surface area (Å²) in [6.45, 7) is 4.33. The molecule has 0 aromatic heterocycles. The molecule has 0 bridgehead atoms. The van der Waals surface area contributed by atoms with E-state index in [2.05, 4.69) is 5.32 Å². The average molecular weight is 441 g/mol. The van der Waals surface area contributed by atoms with Gasteiger partial charge in [0.05, 0.1) is 4.90 Å². The topological polar surface area (TPSA) is 66.5 Å². The van der Waals surface area contributed by atoms with Crippen LogP contribution in [0.5, 0.6) is 0 Å². The Bertz CT molecular complexity index is 958. The molecule has 156 valence electrons. The van der Waals surface area contributed by atoms with Gasteiger partial charge in [-0.05, 0) is 42.0 Å². The third-order valence-corrected chi connectivity index (χ3v) is 6.75. The first-order valence-electron chi connectivity index (χ1n) is 8.90. The zero-order valence-electron chi connectivity index (χ0n) is 16.0. The molecule has 0 atom stereocenters. The van der Waals surface area contributed by atoms with Gasteiger partial charge in [0.2, 0.25) is 15.9 Å². The zero-order chi connectivity index (χ0) is 21.4. The smallest absolute Gasteiger partial charge is 0.288 e. The van der Waals surface area contributed by atoms with Crippen molar-refractivity contribution in [1.82, 2.24) is 4.31 Å². The fourth-order valence-corrected chi connectivity index (χ4v) is 4.59. The summed E-state index contributed by atoms with van der Waals surface area (Å²) in [6, 6.07) is 12.4. The molecule has 1 N–H and O–H groups in total. The summed E-state index contributed by atoms with van der Waals surface area (Å²) >= 11 is 0.403. The molecule has 0 heterocycles. The van der Waals surface area contributed by atoms with Crippen LogP contribution in [-0.4, -0.2) is 37.5 Å². The number of halogens is 2. The Labute approximate surface area is 173 Å². The molecule has 0 spiro atoms. The fourth-order valence-electron chi connectivity index (χ4n) is 2.57. The van der Waals surface area contributed by atoms with E-state index in [-0.39, 0.29) is 4.90 Å². The van der Waals surface area contributed by atoms with E-state index in [1.165, 1.54) is 34.6 Å². The predicted octanol–water partition coefficient (Wildman–Crippen LogP) is 4.68. The highest BCUT2D eigenvalue weighted by Gasteiger charge is 2.20. The number of carbonyl (C=O) groups excluding carboxylic acids is 1. The van der Waals surface area contributed by atoms with E-state index in [4.69, 9.17) is 0 Å². The van der Waals surface area contributed by atoms with Crippen molar-refractivity contribution >= 4 is 39.5 Å². The molecule has 2 rings (SSSR count). The number of alkyl halides is 2. The van der Waals surface area contributed by atoms with Crippen LogP contribution in [0, 0.1) is 0 Å². The molecule has 9 heteroatoms. The van der Waals surface area contributed by atoms with Crippen LogP contribution in [0.3, 0.4) is 0 Å². The SMILES string of the molecule is CCN(CC)S(=O)(=O)c1ccc(/C=C/C(=O)Nc2cccc(SC(F)F)c2)cc1. The van der Waals surface area contributed by atoms with E-state index in [9.17, 15) is 22.0 Å². The van der Waals surface area contributed by atoms with Gasteiger partial charge in [0, 0.05) is 29.7 Å². The Morgan fingerprint density at radius 2 is 1.79 bits per heavy atom. The monoisotopic (exact) mass is 440 g/mol. The van der Waals surface area contributed by atoms with Gasteiger partial charge in [0.25, 0.3) is 5.76 Å². The van der Waals surface area contributed by atoms with Gasteiger partial charge in [0.1, 0.15) is 0 Å². The van der Waals surface area contributed by atoms with E-state index in [1.807, 2.05) is 0 Å². The standard InChI is InChI=1S/C20H22F2N2O3S2/c1-3-24(4-2)29(26,27)18-11-8-15(9-12-18)10-13-19(25)23-16-6-5-7-17(14-16)28-20(21)22/h5-14,20H,3-4H2,1-2H3,(H,23,25)/b13-10+. The summed E-state index contributed by atoms with van der Waals surface area (Å²) in [4.78, 5) is 12.6. The van der Waals surface area contributed by atoms with Crippen molar-refractivity contribution in [3.05, 3.63) is 60.2 Å². The van der Waals surface area contributed by atoms with Crippen LogP contribution in [0.15, 0.2) is 64.4 Å². The molecule has 1 amide bonds. The maximum Gasteiger partial charge on any atom is 0.288 e. The summed E-state index contributed by atoms with van der Waals surface area (Å²) in [5.41, 5.74) is 1.06. The Balaban J connectivity index is 2.04. The van der Waals surface area contributed by atoms with Crippen molar-refractivity contribution < 1.29 is 22.0 Å². The molecule has 5 nitrogen and oxygen atoms in total. The number of benzene rings is 2. The van der Waals surface area contributed by atoms with Crippen molar-refractivity contribution in [2.24, 2.45) is 0 Å². The molecular formula is C20H22F2N2O3S2. The van der Waals surface area contributed by atoms with Crippen LogP contribution in [0.25, 0.3) is 6.08 Å². The van der Waals surface area contributed by atoms with E-state index < -0.39 is 21.7 Å². The van der Waals surface area contributed by atoms with Gasteiger partial charge in [-0.3, -0.25) is 4.79 Å². The number of hydrogen-bond donors (Lipinski definition) is 1. The van der Waals surface area contributed by atoms with E-state index in [0.717, 1.165) is 0 Å². The molecule has 0 unspecified atom stereocenters. The minimum Gasteiger partial charge on any atom is -0.322 e. The number of nitrogens with one attached hydrogen (secondary N) is 1. The average Bonchev–Trinajstić information content (AvgIpc) is 2.67. The van der Waals surface area contributed by atoms with Crippen molar-refractivity contribution in [3.8, 4) is 0 Å². The molecule has 29 heavy (non-hydrogen) atoms. The van der Waals surface area contributed by atoms with E-state index in [1.54, 1.807) is 44.2 Å². The summed E-state index contributed by atoms with van der Waals surface area (Å²) in [6.07, 6.45) is 2.84. The van der Waals surface area contributed by atoms with Gasteiger partial charge in [-0.1, -0.05) is 43.8 Å². The third kappa shape index (κ3) is 6.66. The maximum absolute atomic E-state index is 12.5. The molecule has 0 saturated heterocycles. The lowest BCUT2D eigenvalue weighted by Gasteiger charge is -2.18. The lowest BCUT2D eigenvalue weighted by atomic mass is 10.2. The highest BCUT2D eigenvalue weighted by atomic mass is 32.2. The quantitative estimate of drug-likeness (QED) is 0.454. The number of sulfonamides is 1. The second-order valence-electron chi connectivity index (χ2n) is 5.89. The lowest BCUT2D eigenvalue weighted by Crippen LogP contribution is -2.30. The Kier molecular flexibility index (Phi) is 8.36. The number of amides is 1. The van der Waals surface area contributed by atoms with Crippen LogP contribution in [0.1, 0.15) is 19.4 Å². The van der Waals surface area contributed by atoms with Crippen molar-refractivity contribution in [3.63, 3.8) is 0 Å². The number of rotatable bonds is 9. The minimum atomic E-state index is -3.53. The number of carbonyl (C=O) groups is 1. The van der Waals surface area contributed by atoms with Gasteiger partial charge in [-0.25, -0.2) is 8.42 Å². The van der Waals surface area contributed by atoms with Crippen LogP contribution in [-0.2, 0) is 14.8 Å². The second-order valence-corrected chi connectivity index (χ2v) is 8.89. The minimum absolute atomic E-state index is 0.191. The van der Waals surface area contributed by atoms with Crippen molar-refractivity contribution in [2.75, 3.05) is 18.4 Å². The third-order valence-electron chi connectivity index (χ3n) is 3.98. The zero-order valence-corrected chi connectivity index (χ0v) is 17.6. The highest BCUT2D eigenvalue weighted by molar-refractivity contribution is 7.99. The lowest BCUT2D eigenvalue weighted by molar-refractivity contribution is -0.111. The largest absolute Gasteiger partial charge is 0.322 e. The van der Waals surface area contributed by atoms with Crippen LogP contribution in [0.2, 0.25) is 0 Å². The first-order chi connectivity index (χ1) is 13.8. The molecule has 0 radical (unpaired) electrons. The first kappa shape index (κ1) is 23.1. The van der Waals surface area contributed by atoms with Gasteiger partial charge < -0.3 is 5.32 Å². The van der Waals surface area contributed by atoms with E-state index >= 15 is 0 Å². The second kappa shape index (κ2) is 10.5. The van der Waals surface area contributed by atoms with Gasteiger partial charge in [-0.15, -0.1) is 0 Å². The predicted molar refractivity (Wildman–Crippen MR) is 113 cm³/mol. The van der Waals surface area contributed by atoms with Crippen LogP contribution >= 0.6 is 11.8 Å². The molecule has 2 aromatic carbocycles. The first-order valence-corrected chi connectivity index (χ1v) is 11.2. The molecule has 0 aliphatic rings. The maximum atomic E-state index is 12.5. The van der Waals surface area contributed by atoms with Gasteiger partial charge in [0.15, 0.2) is 0 Å². The Hall–Kier alpha value is -2.23. The number of hydrogen-bond acceptors (Lipinski definition) is 4. The van der Waals surface area contributed by atoms with Gasteiger partial charge in [-0.2, -0.15) is 13.1 Å². The highest BCUT2D eigenvalue weighted by Crippen LogP contribution is 2.27. The summed E-state index contributed by atoms with van der Waals surface area (Å²) in [5.74, 6) is -2.96. The van der Waals surface area contributed by atoms with Crippen molar-refractivity contribution in [2.45, 2.75) is 29.4 Å². The number of anilines is 1. The molecule has 2 aromatic rings. The van der Waals surface area contributed by atoms with Crippen molar-refractivity contribution in [1.29, 1.82) is 0 Å². The number of thioether (sulfide) groups is 1. The summed E-state index contributed by atoms with van der Waals surface area (Å²) in [5, 5.41) is 2.61. The van der Waals surface area contributed by atoms with E-state index in [0.29, 0.717) is 41.0 Å². The molecule has 0 saturated carbocycles. The van der Waals surface area contributed by atoms with Crippen LogP contribution < -0.4 is 5.32 Å². The van der Waals surface area contributed by atoms with Gasteiger partial charge >= 0.3 is 0 Å².